The van der Waals surface area contributed by atoms with Crippen molar-refractivity contribution in [3.8, 4) is 0 Å². The highest BCUT2D eigenvalue weighted by atomic mass is 19.4. The number of rotatable bonds is 4. The summed E-state index contributed by atoms with van der Waals surface area (Å²) in [5.74, 6) is -1.88. The van der Waals surface area contributed by atoms with Crippen LogP contribution in [0, 0.1) is 0 Å². The van der Waals surface area contributed by atoms with Crippen molar-refractivity contribution in [2.45, 2.75) is 25.9 Å². The van der Waals surface area contributed by atoms with Gasteiger partial charge in [0, 0.05) is 6.20 Å². The molecule has 0 amide bonds. The summed E-state index contributed by atoms with van der Waals surface area (Å²) in [6.07, 6.45) is -8.69. The van der Waals surface area contributed by atoms with Crippen molar-refractivity contribution in [1.29, 1.82) is 0 Å². The van der Waals surface area contributed by atoms with Crippen LogP contribution in [0.15, 0.2) is 6.20 Å². The number of anilines is 1. The van der Waals surface area contributed by atoms with Crippen LogP contribution in [0.25, 0.3) is 0 Å². The molecule has 9 heteroatoms. The highest BCUT2D eigenvalue weighted by molar-refractivity contribution is 5.73. The molecule has 4 nitrogen and oxygen atoms in total. The molecule has 0 spiro atoms. The van der Waals surface area contributed by atoms with E-state index in [1.54, 1.807) is 0 Å². The van der Waals surface area contributed by atoms with E-state index < -0.39 is 47.5 Å². The number of hydrogen-bond acceptors (Lipinski definition) is 4. The summed E-state index contributed by atoms with van der Waals surface area (Å²) in [7, 11) is 0. The number of ether oxygens (including phenoxy) is 1. The number of halogens is 5. The van der Waals surface area contributed by atoms with E-state index in [0.717, 1.165) is 0 Å². The molecule has 0 aromatic carbocycles. The minimum atomic E-state index is -5.08. The molecule has 0 atom stereocenters. The number of carbonyl (C=O) groups is 1. The summed E-state index contributed by atoms with van der Waals surface area (Å²) in [5.41, 5.74) is 1.33. The average Bonchev–Trinajstić information content (AvgIpc) is 2.29. The second kappa shape index (κ2) is 6.02. The van der Waals surface area contributed by atoms with Gasteiger partial charge in [-0.25, -0.2) is 13.8 Å². The summed E-state index contributed by atoms with van der Waals surface area (Å²) in [4.78, 5) is 14.5. The van der Waals surface area contributed by atoms with Crippen LogP contribution in [0.2, 0.25) is 0 Å². The SMILES string of the molecule is CCOC(=O)Cc1cnc(N)c(C(F)F)c1C(F)(F)F. The van der Waals surface area contributed by atoms with Gasteiger partial charge in [-0.3, -0.25) is 4.79 Å². The zero-order valence-corrected chi connectivity index (χ0v) is 10.3. The monoisotopic (exact) mass is 298 g/mol. The first-order valence-corrected chi connectivity index (χ1v) is 5.46. The summed E-state index contributed by atoms with van der Waals surface area (Å²) in [6, 6.07) is 0. The lowest BCUT2D eigenvalue weighted by molar-refractivity contribution is -0.144. The molecule has 20 heavy (non-hydrogen) atoms. The molecule has 0 saturated carbocycles. The first-order valence-electron chi connectivity index (χ1n) is 5.46. The molecular weight excluding hydrogens is 287 g/mol. The van der Waals surface area contributed by atoms with Gasteiger partial charge in [-0.15, -0.1) is 0 Å². The largest absolute Gasteiger partial charge is 0.466 e. The predicted molar refractivity (Wildman–Crippen MR) is 58.9 cm³/mol. The van der Waals surface area contributed by atoms with Crippen molar-refractivity contribution >= 4 is 11.8 Å². The highest BCUT2D eigenvalue weighted by Crippen LogP contribution is 2.40. The lowest BCUT2D eigenvalue weighted by atomic mass is 10.0. The number of pyridine rings is 1. The average molecular weight is 298 g/mol. The summed E-state index contributed by atoms with van der Waals surface area (Å²) in [5, 5.41) is 0. The maximum atomic E-state index is 12.9. The fourth-order valence-corrected chi connectivity index (χ4v) is 1.64. The Morgan fingerprint density at radius 2 is 2.05 bits per heavy atom. The van der Waals surface area contributed by atoms with E-state index in [1.807, 2.05) is 0 Å². The number of nitrogen functional groups attached to an aromatic ring is 1. The molecular formula is C11H11F5N2O2. The minimum Gasteiger partial charge on any atom is -0.466 e. The molecule has 0 bridgehead atoms. The van der Waals surface area contributed by atoms with Gasteiger partial charge >= 0.3 is 12.1 Å². The smallest absolute Gasteiger partial charge is 0.417 e. The highest BCUT2D eigenvalue weighted by Gasteiger charge is 2.40. The summed E-state index contributed by atoms with van der Waals surface area (Å²) >= 11 is 0. The van der Waals surface area contributed by atoms with Gasteiger partial charge in [-0.05, 0) is 12.5 Å². The summed E-state index contributed by atoms with van der Waals surface area (Å²) in [6.45, 7) is 1.43. The van der Waals surface area contributed by atoms with Gasteiger partial charge in [-0.2, -0.15) is 13.2 Å². The topological polar surface area (TPSA) is 65.2 Å². The van der Waals surface area contributed by atoms with E-state index in [4.69, 9.17) is 5.73 Å². The van der Waals surface area contributed by atoms with Gasteiger partial charge < -0.3 is 10.5 Å². The molecule has 0 saturated heterocycles. The second-order valence-electron chi connectivity index (χ2n) is 3.74. The Hall–Kier alpha value is -1.93. The number of hydrogen-bond donors (Lipinski definition) is 1. The van der Waals surface area contributed by atoms with Crippen LogP contribution in [-0.2, 0) is 22.1 Å². The predicted octanol–water partition coefficient (Wildman–Crippen LogP) is 2.73. The molecule has 1 aromatic rings. The molecule has 0 aliphatic heterocycles. The van der Waals surface area contributed by atoms with Crippen molar-refractivity contribution in [3.05, 3.63) is 22.9 Å². The summed E-state index contributed by atoms with van der Waals surface area (Å²) < 4.78 is 68.7. The molecule has 112 valence electrons. The zero-order valence-electron chi connectivity index (χ0n) is 10.3. The van der Waals surface area contributed by atoms with Crippen LogP contribution < -0.4 is 5.73 Å². The lowest BCUT2D eigenvalue weighted by Gasteiger charge is -2.17. The molecule has 0 aliphatic carbocycles. The Bertz CT molecular complexity index is 502. The number of esters is 1. The third kappa shape index (κ3) is 3.55. The molecule has 1 aromatic heterocycles. The van der Waals surface area contributed by atoms with Crippen LogP contribution >= 0.6 is 0 Å². The van der Waals surface area contributed by atoms with E-state index >= 15 is 0 Å². The number of nitrogens with zero attached hydrogens (tertiary/aromatic N) is 1. The van der Waals surface area contributed by atoms with Crippen molar-refractivity contribution in [2.24, 2.45) is 0 Å². The molecule has 0 fully saturated rings. The van der Waals surface area contributed by atoms with E-state index in [9.17, 15) is 26.7 Å². The van der Waals surface area contributed by atoms with Gasteiger partial charge in [0.2, 0.25) is 0 Å². The van der Waals surface area contributed by atoms with Gasteiger partial charge in [0.1, 0.15) is 5.82 Å². The van der Waals surface area contributed by atoms with Gasteiger partial charge in [0.25, 0.3) is 6.43 Å². The second-order valence-corrected chi connectivity index (χ2v) is 3.74. The van der Waals surface area contributed by atoms with Crippen LogP contribution in [0.4, 0.5) is 27.8 Å². The van der Waals surface area contributed by atoms with E-state index in [2.05, 4.69) is 9.72 Å². The number of nitrogens with two attached hydrogens (primary N) is 1. The maximum absolute atomic E-state index is 12.9. The molecule has 2 N–H and O–H groups in total. The third-order valence-corrected chi connectivity index (χ3v) is 2.37. The normalized spacial score (nSPS) is 11.8. The Labute approximate surface area is 110 Å². The standard InChI is InChI=1S/C11H11F5N2O2/c1-2-20-6(19)3-5-4-18-10(17)7(9(12)13)8(5)11(14,15)16/h4,9H,2-3H2,1H3,(H2,17,18). The molecule has 1 rings (SSSR count). The minimum absolute atomic E-state index is 0.0374. The van der Waals surface area contributed by atoms with Crippen LogP contribution in [-0.4, -0.2) is 17.6 Å². The van der Waals surface area contributed by atoms with E-state index in [1.165, 1.54) is 6.92 Å². The lowest BCUT2D eigenvalue weighted by Crippen LogP contribution is -2.19. The molecule has 0 radical (unpaired) electrons. The van der Waals surface area contributed by atoms with Crippen molar-refractivity contribution < 1.29 is 31.5 Å². The molecule has 1 heterocycles. The number of alkyl halides is 5. The zero-order chi connectivity index (χ0) is 15.5. The van der Waals surface area contributed by atoms with Gasteiger partial charge in [0.05, 0.1) is 24.2 Å². The van der Waals surface area contributed by atoms with Crippen molar-refractivity contribution in [1.82, 2.24) is 4.98 Å². The number of aromatic nitrogens is 1. The van der Waals surface area contributed by atoms with Gasteiger partial charge in [0.15, 0.2) is 0 Å². The first-order chi connectivity index (χ1) is 9.18. The van der Waals surface area contributed by atoms with Crippen LogP contribution in [0.5, 0.6) is 0 Å². The van der Waals surface area contributed by atoms with E-state index in [0.29, 0.717) is 6.20 Å². The van der Waals surface area contributed by atoms with Crippen LogP contribution in [0.1, 0.15) is 30.0 Å². The first kappa shape index (κ1) is 16.1. The number of carbonyl (C=O) groups excluding carboxylic acids is 1. The fourth-order valence-electron chi connectivity index (χ4n) is 1.64. The van der Waals surface area contributed by atoms with Crippen LogP contribution in [0.3, 0.4) is 0 Å². The third-order valence-electron chi connectivity index (χ3n) is 2.37. The Morgan fingerprint density at radius 1 is 1.45 bits per heavy atom. The molecule has 0 aliphatic rings. The molecule has 0 unspecified atom stereocenters. The van der Waals surface area contributed by atoms with Crippen molar-refractivity contribution in [2.75, 3.05) is 12.3 Å². The Morgan fingerprint density at radius 3 is 2.50 bits per heavy atom. The van der Waals surface area contributed by atoms with E-state index in [-0.39, 0.29) is 6.61 Å². The Kier molecular flexibility index (Phi) is 4.85. The quantitative estimate of drug-likeness (QED) is 0.685. The fraction of sp³-hybridized carbons (Fsp3) is 0.455. The Balaban J connectivity index is 3.38. The van der Waals surface area contributed by atoms with Crippen molar-refractivity contribution in [3.63, 3.8) is 0 Å². The maximum Gasteiger partial charge on any atom is 0.417 e. The van der Waals surface area contributed by atoms with Gasteiger partial charge in [-0.1, -0.05) is 0 Å².